The Hall–Kier alpha value is -2.87. The van der Waals surface area contributed by atoms with Gasteiger partial charge in [-0.1, -0.05) is 6.07 Å². The van der Waals surface area contributed by atoms with E-state index in [0.29, 0.717) is 34.6 Å². The molecule has 0 heterocycles. The molecule has 2 rings (SSSR count). The molecule has 2 aromatic carbocycles. The Bertz CT molecular complexity index is 953. The van der Waals surface area contributed by atoms with Crippen molar-refractivity contribution < 1.29 is 18.0 Å². The number of carbonyl (C=O) groups excluding carboxylic acids is 2. The number of nitrogens with zero attached hydrogens (tertiary/aromatic N) is 1. The molecule has 27 heavy (non-hydrogen) atoms. The first-order valence-corrected chi connectivity index (χ1v) is 10.1. The lowest BCUT2D eigenvalue weighted by Crippen LogP contribution is -2.32. The Morgan fingerprint density at radius 2 is 1.70 bits per heavy atom. The van der Waals surface area contributed by atoms with E-state index in [0.717, 1.165) is 0 Å². The molecule has 0 spiro atoms. The molecule has 0 saturated heterocycles. The van der Waals surface area contributed by atoms with Gasteiger partial charge in [0.2, 0.25) is 15.9 Å². The van der Waals surface area contributed by atoms with Gasteiger partial charge in [-0.2, -0.15) is 0 Å². The molecule has 8 heteroatoms. The Kier molecular flexibility index (Phi) is 6.22. The Morgan fingerprint density at radius 3 is 2.22 bits per heavy atom. The molecule has 0 bridgehead atoms. The molecule has 0 fully saturated rings. The fourth-order valence-corrected chi connectivity index (χ4v) is 3.86. The van der Waals surface area contributed by atoms with Crippen molar-refractivity contribution in [3.8, 4) is 0 Å². The molecule has 0 unspecified atom stereocenters. The van der Waals surface area contributed by atoms with E-state index in [1.165, 1.54) is 4.31 Å². The number of hydrogen-bond donors (Lipinski definition) is 2. The SMILES string of the molecule is CCN(c1ccc(C(=O)Nc2cccc(C(N)=O)c2C)cc1)S(=O)(=O)CC. The fourth-order valence-electron chi connectivity index (χ4n) is 2.71. The van der Waals surface area contributed by atoms with Crippen LogP contribution < -0.4 is 15.4 Å². The summed E-state index contributed by atoms with van der Waals surface area (Å²) in [6, 6.07) is 11.2. The highest BCUT2D eigenvalue weighted by Gasteiger charge is 2.19. The maximum Gasteiger partial charge on any atom is 0.255 e. The minimum atomic E-state index is -3.37. The highest BCUT2D eigenvalue weighted by atomic mass is 32.2. The molecule has 0 atom stereocenters. The number of carbonyl (C=O) groups is 2. The number of nitrogens with two attached hydrogens (primary N) is 1. The van der Waals surface area contributed by atoms with Crippen LogP contribution in [0.25, 0.3) is 0 Å². The summed E-state index contributed by atoms with van der Waals surface area (Å²) in [7, 11) is -3.37. The van der Waals surface area contributed by atoms with Crippen LogP contribution in [0.4, 0.5) is 11.4 Å². The number of primary amides is 1. The van der Waals surface area contributed by atoms with Gasteiger partial charge >= 0.3 is 0 Å². The van der Waals surface area contributed by atoms with Gasteiger partial charge in [-0.3, -0.25) is 13.9 Å². The highest BCUT2D eigenvalue weighted by molar-refractivity contribution is 7.92. The summed E-state index contributed by atoms with van der Waals surface area (Å²) < 4.78 is 25.5. The lowest BCUT2D eigenvalue weighted by atomic mass is 10.1. The molecular formula is C19H23N3O4S. The van der Waals surface area contributed by atoms with Crippen molar-refractivity contribution in [3.63, 3.8) is 0 Å². The summed E-state index contributed by atoms with van der Waals surface area (Å²) in [5, 5.41) is 2.75. The van der Waals surface area contributed by atoms with E-state index in [1.807, 2.05) is 0 Å². The molecule has 0 aromatic heterocycles. The van der Waals surface area contributed by atoms with Crippen LogP contribution in [-0.4, -0.2) is 32.5 Å². The number of sulfonamides is 1. The molecular weight excluding hydrogens is 366 g/mol. The number of benzene rings is 2. The zero-order valence-electron chi connectivity index (χ0n) is 15.5. The summed E-state index contributed by atoms with van der Waals surface area (Å²) in [5.41, 5.74) is 7.61. The Morgan fingerprint density at radius 1 is 1.07 bits per heavy atom. The predicted molar refractivity (Wildman–Crippen MR) is 107 cm³/mol. The number of rotatable bonds is 7. The van der Waals surface area contributed by atoms with Crippen molar-refractivity contribution >= 4 is 33.2 Å². The van der Waals surface area contributed by atoms with Crippen LogP contribution in [0.3, 0.4) is 0 Å². The quantitative estimate of drug-likeness (QED) is 0.758. The van der Waals surface area contributed by atoms with Crippen molar-refractivity contribution in [1.29, 1.82) is 0 Å². The van der Waals surface area contributed by atoms with E-state index < -0.39 is 15.9 Å². The fraction of sp³-hybridized carbons (Fsp3) is 0.263. The summed E-state index contributed by atoms with van der Waals surface area (Å²) in [5.74, 6) is -0.934. The van der Waals surface area contributed by atoms with E-state index in [9.17, 15) is 18.0 Å². The topological polar surface area (TPSA) is 110 Å². The predicted octanol–water partition coefficient (Wildman–Crippen LogP) is 2.52. The smallest absolute Gasteiger partial charge is 0.255 e. The van der Waals surface area contributed by atoms with Crippen LogP contribution in [0, 0.1) is 6.92 Å². The summed E-state index contributed by atoms with van der Waals surface area (Å²) in [4.78, 5) is 23.9. The summed E-state index contributed by atoms with van der Waals surface area (Å²) in [6.07, 6.45) is 0. The van der Waals surface area contributed by atoms with E-state index in [-0.39, 0.29) is 11.7 Å². The van der Waals surface area contributed by atoms with Gasteiger partial charge < -0.3 is 11.1 Å². The van der Waals surface area contributed by atoms with Crippen molar-refractivity contribution in [1.82, 2.24) is 0 Å². The first-order chi connectivity index (χ1) is 12.7. The van der Waals surface area contributed by atoms with E-state index in [1.54, 1.807) is 63.2 Å². The van der Waals surface area contributed by atoms with Crippen molar-refractivity contribution in [2.75, 3.05) is 21.9 Å². The molecule has 0 aliphatic rings. The van der Waals surface area contributed by atoms with Gasteiger partial charge in [0.05, 0.1) is 11.4 Å². The van der Waals surface area contributed by atoms with Gasteiger partial charge in [-0.25, -0.2) is 8.42 Å². The second kappa shape index (κ2) is 8.22. The van der Waals surface area contributed by atoms with Crippen molar-refractivity contribution in [2.24, 2.45) is 5.73 Å². The van der Waals surface area contributed by atoms with Crippen LogP contribution in [0.1, 0.15) is 40.1 Å². The average molecular weight is 389 g/mol. The minimum Gasteiger partial charge on any atom is -0.366 e. The molecule has 0 saturated carbocycles. The monoisotopic (exact) mass is 389 g/mol. The standard InChI is InChI=1S/C19H23N3O4S/c1-4-22(27(25,26)5-2)15-11-9-14(10-12-15)19(24)21-17-8-6-7-16(13(17)3)18(20)23/h6-12H,4-5H2,1-3H3,(H2,20,23)(H,21,24). The highest BCUT2D eigenvalue weighted by Crippen LogP contribution is 2.22. The largest absolute Gasteiger partial charge is 0.366 e. The van der Waals surface area contributed by atoms with Crippen LogP contribution in [0.15, 0.2) is 42.5 Å². The number of nitrogens with one attached hydrogen (secondary N) is 1. The second-order valence-corrected chi connectivity index (χ2v) is 8.09. The Balaban J connectivity index is 2.24. The minimum absolute atomic E-state index is 0.00143. The first kappa shape index (κ1) is 20.4. The third-order valence-corrected chi connectivity index (χ3v) is 6.12. The van der Waals surface area contributed by atoms with E-state index >= 15 is 0 Å². The van der Waals surface area contributed by atoms with Gasteiger partial charge in [-0.05, 0) is 62.7 Å². The van der Waals surface area contributed by atoms with Crippen LogP contribution >= 0.6 is 0 Å². The summed E-state index contributed by atoms with van der Waals surface area (Å²) in [6.45, 7) is 5.35. The molecule has 2 aromatic rings. The number of hydrogen-bond acceptors (Lipinski definition) is 4. The molecule has 0 aliphatic heterocycles. The number of amides is 2. The molecule has 0 aliphatic carbocycles. The normalized spacial score (nSPS) is 11.1. The Labute approximate surface area is 159 Å². The molecule has 2 amide bonds. The van der Waals surface area contributed by atoms with Gasteiger partial charge in [0.15, 0.2) is 0 Å². The van der Waals surface area contributed by atoms with Crippen molar-refractivity contribution in [3.05, 3.63) is 59.2 Å². The molecule has 0 radical (unpaired) electrons. The molecule has 144 valence electrons. The maximum absolute atomic E-state index is 12.5. The van der Waals surface area contributed by atoms with Crippen LogP contribution in [-0.2, 0) is 10.0 Å². The van der Waals surface area contributed by atoms with Gasteiger partial charge in [0.25, 0.3) is 5.91 Å². The van der Waals surface area contributed by atoms with Crippen LogP contribution in [0.5, 0.6) is 0 Å². The summed E-state index contributed by atoms with van der Waals surface area (Å²) >= 11 is 0. The maximum atomic E-state index is 12.5. The van der Waals surface area contributed by atoms with Gasteiger partial charge in [0, 0.05) is 23.4 Å². The van der Waals surface area contributed by atoms with Crippen LogP contribution in [0.2, 0.25) is 0 Å². The lowest BCUT2D eigenvalue weighted by Gasteiger charge is -2.22. The first-order valence-electron chi connectivity index (χ1n) is 8.52. The number of anilines is 2. The van der Waals surface area contributed by atoms with Gasteiger partial charge in [-0.15, -0.1) is 0 Å². The zero-order chi connectivity index (χ0) is 20.2. The third-order valence-electron chi connectivity index (χ3n) is 4.25. The zero-order valence-corrected chi connectivity index (χ0v) is 16.3. The molecule has 7 nitrogen and oxygen atoms in total. The molecule has 3 N–H and O–H groups in total. The average Bonchev–Trinajstić information content (AvgIpc) is 2.64. The third kappa shape index (κ3) is 4.46. The van der Waals surface area contributed by atoms with Gasteiger partial charge in [0.1, 0.15) is 0 Å². The second-order valence-electron chi connectivity index (χ2n) is 5.91. The van der Waals surface area contributed by atoms with Crippen molar-refractivity contribution in [2.45, 2.75) is 20.8 Å². The van der Waals surface area contributed by atoms with E-state index in [4.69, 9.17) is 5.73 Å². The van der Waals surface area contributed by atoms with E-state index in [2.05, 4.69) is 5.32 Å². The lowest BCUT2D eigenvalue weighted by molar-refractivity contribution is 0.0995.